The Hall–Kier alpha value is -3.15. The molecule has 5 nitrogen and oxygen atoms in total. The molecular weight excluding hydrogens is 351 g/mol. The van der Waals surface area contributed by atoms with Crippen molar-refractivity contribution in [3.05, 3.63) is 64.7 Å². The minimum atomic E-state index is -0.570. The van der Waals surface area contributed by atoms with Crippen LogP contribution in [-0.2, 0) is 16.0 Å². The monoisotopic (exact) mass is 370 g/mol. The van der Waals surface area contributed by atoms with E-state index in [-0.39, 0.29) is 17.7 Å². The van der Waals surface area contributed by atoms with E-state index in [1.807, 2.05) is 26.0 Å². The topological polar surface area (TPSA) is 65.7 Å². The number of furan rings is 1. The minimum Gasteiger partial charge on any atom is -0.496 e. The Labute approximate surface area is 155 Å². The molecule has 0 spiro atoms. The summed E-state index contributed by atoms with van der Waals surface area (Å²) in [5.74, 6) is -1.45. The number of ether oxygens (including phenoxy) is 2. The van der Waals surface area contributed by atoms with E-state index >= 15 is 0 Å². The Bertz CT molecular complexity index is 1020. The number of halogens is 1. The zero-order chi connectivity index (χ0) is 19.6. The zero-order valence-corrected chi connectivity index (χ0v) is 15.3. The molecule has 0 amide bonds. The fraction of sp³-hybridized carbons (Fsp3) is 0.238. The van der Waals surface area contributed by atoms with Crippen LogP contribution in [0.1, 0.15) is 27.0 Å². The molecular formula is C21H19FO5. The van der Waals surface area contributed by atoms with E-state index in [0.717, 1.165) is 22.6 Å². The molecule has 140 valence electrons. The first kappa shape index (κ1) is 18.6. The molecule has 0 N–H and O–H groups in total. The molecule has 3 aromatic rings. The van der Waals surface area contributed by atoms with Gasteiger partial charge in [0.05, 0.1) is 25.4 Å². The van der Waals surface area contributed by atoms with Crippen molar-refractivity contribution < 1.29 is 27.9 Å². The van der Waals surface area contributed by atoms with Gasteiger partial charge in [-0.2, -0.15) is 0 Å². The Morgan fingerprint density at radius 2 is 1.85 bits per heavy atom. The molecule has 27 heavy (non-hydrogen) atoms. The third-order valence-electron chi connectivity index (χ3n) is 4.43. The number of esters is 1. The highest BCUT2D eigenvalue weighted by Gasteiger charge is 2.17. The van der Waals surface area contributed by atoms with Crippen molar-refractivity contribution in [2.24, 2.45) is 0 Å². The Balaban J connectivity index is 1.68. The van der Waals surface area contributed by atoms with Crippen LogP contribution in [0.5, 0.6) is 5.75 Å². The number of ketones is 1. The summed E-state index contributed by atoms with van der Waals surface area (Å²) in [7, 11) is 1.38. The maximum Gasteiger partial charge on any atom is 0.310 e. The summed E-state index contributed by atoms with van der Waals surface area (Å²) in [6.45, 7) is 3.47. The van der Waals surface area contributed by atoms with Gasteiger partial charge >= 0.3 is 5.97 Å². The van der Waals surface area contributed by atoms with Crippen LogP contribution >= 0.6 is 0 Å². The minimum absolute atomic E-state index is 0.0247. The molecule has 0 saturated heterocycles. The second-order valence-corrected chi connectivity index (χ2v) is 6.30. The molecule has 0 atom stereocenters. The number of carbonyl (C=O) groups excluding carboxylic acids is 2. The van der Waals surface area contributed by atoms with Crippen LogP contribution in [-0.4, -0.2) is 25.5 Å². The maximum absolute atomic E-state index is 13.4. The standard InChI is InChI=1S/C21H19FO5/c1-12-6-16-14(10-26-20(16)7-13(12)2)8-21(24)27-11-18(23)17-9-15(22)4-5-19(17)25-3/h4-7,9-10H,8,11H2,1-3H3. The van der Waals surface area contributed by atoms with Crippen molar-refractivity contribution in [3.63, 3.8) is 0 Å². The molecule has 3 rings (SSSR count). The van der Waals surface area contributed by atoms with E-state index < -0.39 is 24.2 Å². The van der Waals surface area contributed by atoms with Gasteiger partial charge in [-0.15, -0.1) is 0 Å². The van der Waals surface area contributed by atoms with Crippen molar-refractivity contribution in [2.75, 3.05) is 13.7 Å². The van der Waals surface area contributed by atoms with Gasteiger partial charge in [0.25, 0.3) is 0 Å². The van der Waals surface area contributed by atoms with Crippen LogP contribution in [0.4, 0.5) is 4.39 Å². The second-order valence-electron chi connectivity index (χ2n) is 6.30. The molecule has 2 aromatic carbocycles. The zero-order valence-electron chi connectivity index (χ0n) is 15.3. The first-order valence-electron chi connectivity index (χ1n) is 8.38. The van der Waals surface area contributed by atoms with Gasteiger partial charge in [-0.3, -0.25) is 9.59 Å². The van der Waals surface area contributed by atoms with Crippen molar-refractivity contribution in [3.8, 4) is 5.75 Å². The number of rotatable bonds is 6. The predicted octanol–water partition coefficient (Wildman–Crippen LogP) is 4.17. The summed E-state index contributed by atoms with van der Waals surface area (Å²) in [6.07, 6.45) is 1.49. The molecule has 0 bridgehead atoms. The van der Waals surface area contributed by atoms with Crippen molar-refractivity contribution >= 4 is 22.7 Å². The molecule has 0 aliphatic carbocycles. The van der Waals surface area contributed by atoms with Crippen LogP contribution in [0.3, 0.4) is 0 Å². The Morgan fingerprint density at radius 3 is 2.59 bits per heavy atom. The van der Waals surface area contributed by atoms with Gasteiger partial charge in [-0.25, -0.2) is 4.39 Å². The SMILES string of the molecule is COc1ccc(F)cc1C(=O)COC(=O)Cc1coc2cc(C)c(C)cc12. The van der Waals surface area contributed by atoms with Gasteiger partial charge in [0.2, 0.25) is 5.78 Å². The number of fused-ring (bicyclic) bond motifs is 1. The molecule has 0 aliphatic rings. The van der Waals surface area contributed by atoms with Gasteiger partial charge in [0.1, 0.15) is 17.1 Å². The summed E-state index contributed by atoms with van der Waals surface area (Å²) in [5.41, 5.74) is 3.60. The van der Waals surface area contributed by atoms with Gasteiger partial charge in [-0.05, 0) is 55.3 Å². The third-order valence-corrected chi connectivity index (χ3v) is 4.43. The van der Waals surface area contributed by atoms with Crippen LogP contribution in [0.25, 0.3) is 11.0 Å². The van der Waals surface area contributed by atoms with Crippen LogP contribution in [0.15, 0.2) is 41.0 Å². The molecule has 1 aromatic heterocycles. The highest BCUT2D eigenvalue weighted by Crippen LogP contribution is 2.25. The largest absolute Gasteiger partial charge is 0.496 e. The van der Waals surface area contributed by atoms with Crippen LogP contribution < -0.4 is 4.74 Å². The number of methoxy groups -OCH3 is 1. The normalized spacial score (nSPS) is 10.8. The summed E-state index contributed by atoms with van der Waals surface area (Å²) >= 11 is 0. The second kappa shape index (κ2) is 7.61. The fourth-order valence-corrected chi connectivity index (χ4v) is 2.80. The van der Waals surface area contributed by atoms with Crippen LogP contribution in [0, 0.1) is 19.7 Å². The number of hydrogen-bond donors (Lipinski definition) is 0. The molecule has 0 radical (unpaired) electrons. The number of benzene rings is 2. The van der Waals surface area contributed by atoms with Crippen molar-refractivity contribution in [1.29, 1.82) is 0 Å². The number of Topliss-reactive ketones (excluding diaryl/α,β-unsaturated/α-hetero) is 1. The smallest absolute Gasteiger partial charge is 0.310 e. The lowest BCUT2D eigenvalue weighted by molar-refractivity contribution is -0.141. The number of carbonyl (C=O) groups is 2. The van der Waals surface area contributed by atoms with E-state index in [2.05, 4.69) is 0 Å². The lowest BCUT2D eigenvalue weighted by atomic mass is 10.0. The average molecular weight is 370 g/mol. The fourth-order valence-electron chi connectivity index (χ4n) is 2.80. The molecule has 0 saturated carbocycles. The Kier molecular flexibility index (Phi) is 5.26. The van der Waals surface area contributed by atoms with Gasteiger partial charge in [0.15, 0.2) is 6.61 Å². The molecule has 0 fully saturated rings. The molecule has 6 heteroatoms. The summed E-state index contributed by atoms with van der Waals surface area (Å²) in [4.78, 5) is 24.4. The summed E-state index contributed by atoms with van der Waals surface area (Å²) in [5, 5.41) is 0.841. The molecule has 1 heterocycles. The van der Waals surface area contributed by atoms with E-state index in [1.54, 1.807) is 0 Å². The van der Waals surface area contributed by atoms with E-state index in [9.17, 15) is 14.0 Å². The average Bonchev–Trinajstić information content (AvgIpc) is 3.01. The molecule has 0 unspecified atom stereocenters. The van der Waals surface area contributed by atoms with Crippen LogP contribution in [0.2, 0.25) is 0 Å². The quantitative estimate of drug-likeness (QED) is 0.481. The Morgan fingerprint density at radius 1 is 1.11 bits per heavy atom. The maximum atomic E-state index is 13.4. The first-order chi connectivity index (χ1) is 12.9. The van der Waals surface area contributed by atoms with Gasteiger partial charge < -0.3 is 13.9 Å². The highest BCUT2D eigenvalue weighted by atomic mass is 19.1. The highest BCUT2D eigenvalue weighted by molar-refractivity contribution is 6.00. The van der Waals surface area contributed by atoms with Gasteiger partial charge in [-0.1, -0.05) is 0 Å². The summed E-state index contributed by atoms with van der Waals surface area (Å²) < 4.78 is 29.0. The predicted molar refractivity (Wildman–Crippen MR) is 97.6 cm³/mol. The van der Waals surface area contributed by atoms with E-state index in [4.69, 9.17) is 13.9 Å². The first-order valence-corrected chi connectivity index (χ1v) is 8.38. The van der Waals surface area contributed by atoms with E-state index in [1.165, 1.54) is 25.5 Å². The van der Waals surface area contributed by atoms with Crippen molar-refractivity contribution in [2.45, 2.75) is 20.3 Å². The summed E-state index contributed by atoms with van der Waals surface area (Å²) in [6, 6.07) is 7.48. The van der Waals surface area contributed by atoms with E-state index in [0.29, 0.717) is 11.1 Å². The third kappa shape index (κ3) is 4.00. The number of hydrogen-bond acceptors (Lipinski definition) is 5. The van der Waals surface area contributed by atoms with Crippen molar-refractivity contribution in [1.82, 2.24) is 0 Å². The lowest BCUT2D eigenvalue weighted by Gasteiger charge is -2.08. The number of aryl methyl sites for hydroxylation is 2. The van der Waals surface area contributed by atoms with Gasteiger partial charge in [0, 0.05) is 10.9 Å². The lowest BCUT2D eigenvalue weighted by Crippen LogP contribution is -2.16. The molecule has 0 aliphatic heterocycles.